The number of carbonyl (C=O) groups is 2. The first-order chi connectivity index (χ1) is 12.1. The number of benzene rings is 1. The average Bonchev–Trinajstić information content (AvgIpc) is 2.62. The fraction of sp³-hybridized carbons (Fsp3) is 0.500. The number of carbonyl (C=O) groups excluding carboxylic acids is 2. The van der Waals surface area contributed by atoms with Crippen molar-refractivity contribution in [1.82, 2.24) is 10.2 Å². The number of nitrogens with two attached hydrogens (primary N) is 1. The van der Waals surface area contributed by atoms with Crippen molar-refractivity contribution in [3.05, 3.63) is 47.0 Å². The number of hydrogen-bond donors (Lipinski definition) is 2. The van der Waals surface area contributed by atoms with Crippen LogP contribution in [0.5, 0.6) is 0 Å². The maximum Gasteiger partial charge on any atom is 0.235 e. The number of nitrogens with zero attached hydrogens (tertiary/aromatic N) is 1. The van der Waals surface area contributed by atoms with Gasteiger partial charge in [-0.25, -0.2) is 0 Å². The maximum absolute atomic E-state index is 12.3. The highest BCUT2D eigenvalue weighted by molar-refractivity contribution is 5.83. The van der Waals surface area contributed by atoms with Crippen molar-refractivity contribution in [2.75, 3.05) is 13.1 Å². The topological polar surface area (TPSA) is 75.4 Å². The third-order valence-electron chi connectivity index (χ3n) is 5.17. The number of allylic oxidation sites excluding steroid dienone is 1. The second kappa shape index (κ2) is 8.30. The van der Waals surface area contributed by atoms with E-state index in [-0.39, 0.29) is 18.4 Å². The van der Waals surface area contributed by atoms with Gasteiger partial charge in [0.15, 0.2) is 0 Å². The SMILES string of the molecule is NC(=O)[C@@H]1Cc2ccccc2CN1CC(=O)NCCC1=CCCCC1. The third kappa shape index (κ3) is 4.69. The standard InChI is InChI=1S/C20H27N3O2/c21-20(25)18-12-16-8-4-5-9-17(16)13-23(18)14-19(24)22-11-10-15-6-2-1-3-7-15/h4-6,8-9,18H,1-3,7,10-14H2,(H2,21,25)(H,22,24)/t18-/m0/s1. The molecule has 0 unspecified atom stereocenters. The molecule has 5 nitrogen and oxygen atoms in total. The van der Waals surface area contributed by atoms with Gasteiger partial charge in [0, 0.05) is 13.1 Å². The minimum absolute atomic E-state index is 0.0398. The largest absolute Gasteiger partial charge is 0.368 e. The van der Waals surface area contributed by atoms with Gasteiger partial charge >= 0.3 is 0 Å². The van der Waals surface area contributed by atoms with E-state index in [0.717, 1.165) is 24.8 Å². The van der Waals surface area contributed by atoms with Crippen LogP contribution in [0.15, 0.2) is 35.9 Å². The highest BCUT2D eigenvalue weighted by Gasteiger charge is 2.31. The molecule has 2 aliphatic rings. The van der Waals surface area contributed by atoms with E-state index in [0.29, 0.717) is 19.5 Å². The first-order valence-corrected chi connectivity index (χ1v) is 9.18. The Morgan fingerprint density at radius 1 is 1.20 bits per heavy atom. The van der Waals surface area contributed by atoms with E-state index in [1.807, 2.05) is 29.2 Å². The van der Waals surface area contributed by atoms with Gasteiger partial charge in [0.05, 0.1) is 12.6 Å². The number of hydrogen-bond acceptors (Lipinski definition) is 3. The zero-order chi connectivity index (χ0) is 17.6. The number of nitrogens with one attached hydrogen (secondary N) is 1. The van der Waals surface area contributed by atoms with E-state index in [1.54, 1.807) is 0 Å². The van der Waals surface area contributed by atoms with Crippen molar-refractivity contribution in [2.45, 2.75) is 51.1 Å². The average molecular weight is 341 g/mol. The second-order valence-electron chi connectivity index (χ2n) is 7.00. The summed E-state index contributed by atoms with van der Waals surface area (Å²) in [6, 6.07) is 7.62. The van der Waals surface area contributed by atoms with Crippen LogP contribution in [0, 0.1) is 0 Å². The minimum Gasteiger partial charge on any atom is -0.368 e. The van der Waals surface area contributed by atoms with Gasteiger partial charge in [-0.05, 0) is 49.7 Å². The molecule has 0 saturated carbocycles. The van der Waals surface area contributed by atoms with Crippen molar-refractivity contribution >= 4 is 11.8 Å². The van der Waals surface area contributed by atoms with Gasteiger partial charge in [-0.2, -0.15) is 0 Å². The molecule has 134 valence electrons. The molecule has 3 N–H and O–H groups in total. The molecule has 1 aromatic carbocycles. The summed E-state index contributed by atoms with van der Waals surface area (Å²) in [4.78, 5) is 26.0. The highest BCUT2D eigenvalue weighted by atomic mass is 16.2. The lowest BCUT2D eigenvalue weighted by atomic mass is 9.93. The quantitative estimate of drug-likeness (QED) is 0.776. The van der Waals surface area contributed by atoms with Crippen LogP contribution < -0.4 is 11.1 Å². The Bertz CT molecular complexity index is 669. The summed E-state index contributed by atoms with van der Waals surface area (Å²) < 4.78 is 0. The van der Waals surface area contributed by atoms with E-state index < -0.39 is 6.04 Å². The van der Waals surface area contributed by atoms with E-state index in [9.17, 15) is 9.59 Å². The number of primary amides is 1. The predicted molar refractivity (Wildman–Crippen MR) is 97.7 cm³/mol. The first-order valence-electron chi connectivity index (χ1n) is 9.18. The van der Waals surface area contributed by atoms with E-state index >= 15 is 0 Å². The molecule has 25 heavy (non-hydrogen) atoms. The van der Waals surface area contributed by atoms with Gasteiger partial charge in [-0.3, -0.25) is 14.5 Å². The lowest BCUT2D eigenvalue weighted by Crippen LogP contribution is -2.51. The molecule has 1 atom stereocenters. The zero-order valence-corrected chi connectivity index (χ0v) is 14.7. The Hall–Kier alpha value is -2.14. The summed E-state index contributed by atoms with van der Waals surface area (Å²) in [5.41, 5.74) is 9.33. The van der Waals surface area contributed by atoms with Crippen molar-refractivity contribution < 1.29 is 9.59 Å². The van der Waals surface area contributed by atoms with Crippen molar-refractivity contribution in [3.63, 3.8) is 0 Å². The van der Waals surface area contributed by atoms with Gasteiger partial charge < -0.3 is 11.1 Å². The molecule has 1 aliphatic heterocycles. The Kier molecular flexibility index (Phi) is 5.87. The van der Waals surface area contributed by atoms with Gasteiger partial charge in [-0.1, -0.05) is 35.9 Å². The molecule has 3 rings (SSSR count). The van der Waals surface area contributed by atoms with Crippen LogP contribution in [0.4, 0.5) is 0 Å². The third-order valence-corrected chi connectivity index (χ3v) is 5.17. The molecule has 0 fully saturated rings. The summed E-state index contributed by atoms with van der Waals surface area (Å²) in [6.45, 7) is 1.46. The Balaban J connectivity index is 1.54. The monoisotopic (exact) mass is 341 g/mol. The fourth-order valence-electron chi connectivity index (χ4n) is 3.76. The number of rotatable bonds is 6. The van der Waals surface area contributed by atoms with Crippen LogP contribution >= 0.6 is 0 Å². The molecular weight excluding hydrogens is 314 g/mol. The zero-order valence-electron chi connectivity index (χ0n) is 14.7. The summed E-state index contributed by atoms with van der Waals surface area (Å²) in [6.07, 6.45) is 8.66. The number of amides is 2. The van der Waals surface area contributed by atoms with Crippen LogP contribution in [0.2, 0.25) is 0 Å². The molecule has 0 radical (unpaired) electrons. The summed E-state index contributed by atoms with van der Waals surface area (Å²) in [5.74, 6) is -0.406. The van der Waals surface area contributed by atoms with Gasteiger partial charge in [0.25, 0.3) is 0 Å². The maximum atomic E-state index is 12.3. The van der Waals surface area contributed by atoms with Crippen LogP contribution in [-0.4, -0.2) is 35.8 Å². The Labute approximate surface area is 149 Å². The van der Waals surface area contributed by atoms with Crippen LogP contribution in [-0.2, 0) is 22.6 Å². The van der Waals surface area contributed by atoms with Crippen LogP contribution in [0.25, 0.3) is 0 Å². The minimum atomic E-state index is -0.415. The molecule has 2 amide bonds. The molecule has 0 saturated heterocycles. The summed E-state index contributed by atoms with van der Waals surface area (Å²) in [7, 11) is 0. The molecule has 0 spiro atoms. The smallest absolute Gasteiger partial charge is 0.235 e. The number of fused-ring (bicyclic) bond motifs is 1. The second-order valence-corrected chi connectivity index (χ2v) is 7.00. The van der Waals surface area contributed by atoms with Crippen LogP contribution in [0.3, 0.4) is 0 Å². The van der Waals surface area contributed by atoms with Gasteiger partial charge in [-0.15, -0.1) is 0 Å². The van der Waals surface area contributed by atoms with E-state index in [4.69, 9.17) is 5.73 Å². The van der Waals surface area contributed by atoms with Gasteiger partial charge in [0.1, 0.15) is 0 Å². The van der Waals surface area contributed by atoms with E-state index in [1.165, 1.54) is 24.0 Å². The fourth-order valence-corrected chi connectivity index (χ4v) is 3.76. The lowest BCUT2D eigenvalue weighted by molar-refractivity contribution is -0.127. The molecule has 0 bridgehead atoms. The molecule has 0 aromatic heterocycles. The Morgan fingerprint density at radius 2 is 2.00 bits per heavy atom. The Morgan fingerprint density at radius 3 is 2.72 bits per heavy atom. The molecular formula is C20H27N3O2. The van der Waals surface area contributed by atoms with Crippen molar-refractivity contribution in [3.8, 4) is 0 Å². The van der Waals surface area contributed by atoms with Crippen molar-refractivity contribution in [1.29, 1.82) is 0 Å². The molecule has 1 heterocycles. The summed E-state index contributed by atoms with van der Waals surface area (Å²) in [5, 5.41) is 2.99. The normalized spacial score (nSPS) is 20.5. The van der Waals surface area contributed by atoms with Crippen molar-refractivity contribution in [2.24, 2.45) is 5.73 Å². The van der Waals surface area contributed by atoms with Gasteiger partial charge in [0.2, 0.25) is 11.8 Å². The highest BCUT2D eigenvalue weighted by Crippen LogP contribution is 2.23. The molecule has 1 aliphatic carbocycles. The van der Waals surface area contributed by atoms with E-state index in [2.05, 4.69) is 11.4 Å². The molecule has 5 heteroatoms. The van der Waals surface area contributed by atoms with Crippen LogP contribution in [0.1, 0.15) is 43.2 Å². The summed E-state index contributed by atoms with van der Waals surface area (Å²) >= 11 is 0. The predicted octanol–water partition coefficient (Wildman–Crippen LogP) is 1.91. The lowest BCUT2D eigenvalue weighted by Gasteiger charge is -2.34. The first kappa shape index (κ1) is 17.7. The molecule has 1 aromatic rings.